The number of pyridine rings is 2. The summed E-state index contributed by atoms with van der Waals surface area (Å²) in [5.74, 6) is 0. The molecule has 0 bridgehead atoms. The van der Waals surface area contributed by atoms with Crippen molar-refractivity contribution in [2.45, 2.75) is 19.5 Å². The number of hydrogen-bond acceptors (Lipinski definition) is 4. The van der Waals surface area contributed by atoms with Gasteiger partial charge in [-0.3, -0.25) is 0 Å². The molecule has 0 aliphatic rings. The molecule has 8 heteroatoms. The zero-order chi connectivity index (χ0) is 14.9. The minimum absolute atomic E-state index is 0. The smallest absolute Gasteiger partial charge is 0.169 e. The number of halogens is 2. The molecule has 0 atom stereocenters. The topological polar surface area (TPSA) is 72.9 Å². The lowest BCUT2D eigenvalue weighted by atomic mass is 10.3. The normalized spacial score (nSPS) is 10.4. The second kappa shape index (κ2) is 11.4. The Bertz CT molecular complexity index is 561. The number of aromatic nitrogens is 2. The van der Waals surface area contributed by atoms with Gasteiger partial charge >= 0.3 is 0 Å². The summed E-state index contributed by atoms with van der Waals surface area (Å²) in [6, 6.07) is 7.59. The van der Waals surface area contributed by atoms with Crippen molar-refractivity contribution < 1.29 is 44.4 Å². The van der Waals surface area contributed by atoms with E-state index in [1.165, 1.54) is 12.4 Å². The second-order valence-corrected chi connectivity index (χ2v) is 4.58. The van der Waals surface area contributed by atoms with Crippen molar-refractivity contribution in [3.63, 3.8) is 0 Å². The highest BCUT2D eigenvalue weighted by atomic mass is 35.5. The highest BCUT2D eigenvalue weighted by Crippen LogP contribution is 1.92. The molecule has 2 heterocycles. The van der Waals surface area contributed by atoms with Crippen LogP contribution in [0.1, 0.15) is 17.5 Å². The van der Waals surface area contributed by atoms with Crippen molar-refractivity contribution in [3.8, 4) is 0 Å². The van der Waals surface area contributed by atoms with E-state index in [1.54, 1.807) is 0 Å². The van der Waals surface area contributed by atoms with Gasteiger partial charge < -0.3 is 35.2 Å². The summed E-state index contributed by atoms with van der Waals surface area (Å²) in [5, 5.41) is 22.9. The van der Waals surface area contributed by atoms with Crippen LogP contribution in [0.5, 0.6) is 0 Å². The molecule has 0 aliphatic carbocycles. The first kappa shape index (κ1) is 20.8. The molecule has 0 amide bonds. The Labute approximate surface area is 147 Å². The Morgan fingerprint density at radius 2 is 1.09 bits per heavy atom. The second-order valence-electron chi connectivity index (χ2n) is 4.58. The van der Waals surface area contributed by atoms with Gasteiger partial charge in [-0.15, -0.1) is 0 Å². The van der Waals surface area contributed by atoms with Crippen LogP contribution in [0, 0.1) is 0 Å². The molecule has 6 nitrogen and oxygen atoms in total. The highest BCUT2D eigenvalue weighted by Gasteiger charge is 2.04. The van der Waals surface area contributed by atoms with Crippen molar-refractivity contribution >= 4 is 12.4 Å². The first-order valence-corrected chi connectivity index (χ1v) is 6.65. The van der Waals surface area contributed by atoms with E-state index in [0.717, 1.165) is 30.6 Å². The number of hydrogen-bond donors (Lipinski definition) is 2. The van der Waals surface area contributed by atoms with Gasteiger partial charge in [0, 0.05) is 35.4 Å². The Kier molecular flexibility index (Phi) is 10.3. The van der Waals surface area contributed by atoms with Crippen molar-refractivity contribution in [2.75, 3.05) is 0 Å². The van der Waals surface area contributed by atoms with E-state index in [4.69, 9.17) is 10.4 Å². The molecule has 0 spiro atoms. The molecule has 0 radical (unpaired) electrons. The summed E-state index contributed by atoms with van der Waals surface area (Å²) in [7, 11) is 0. The fraction of sp³-hybridized carbons (Fsp3) is 0.200. The summed E-state index contributed by atoms with van der Waals surface area (Å²) >= 11 is 0. The van der Waals surface area contributed by atoms with E-state index in [9.17, 15) is 0 Å². The van der Waals surface area contributed by atoms with Crippen LogP contribution in [-0.4, -0.2) is 22.8 Å². The molecule has 2 aromatic heterocycles. The summed E-state index contributed by atoms with van der Waals surface area (Å²) in [5.41, 5.74) is 1.73. The standard InChI is InChI=1S/C15H16N4O2.2ClH/c20-16-12-14-2-8-18(9-3-14)6-1-7-19-10-4-15(5-11-19)13-17-21;;/h2-5,8-13H,1,6-7H2;2*1H. The van der Waals surface area contributed by atoms with Crippen LogP contribution < -0.4 is 33.9 Å². The third-order valence-electron chi connectivity index (χ3n) is 3.08. The zero-order valence-electron chi connectivity index (χ0n) is 12.3. The SMILES string of the molecule is O/N=C/c1cc[n+](CCC[n+]2ccc(/C=N/O)cc2)cc1.[Cl-].[Cl-]. The van der Waals surface area contributed by atoms with Gasteiger partial charge in [-0.2, -0.15) is 0 Å². The quantitative estimate of drug-likeness (QED) is 0.235. The molecule has 0 aliphatic heterocycles. The van der Waals surface area contributed by atoms with Crippen LogP contribution in [0.2, 0.25) is 0 Å². The van der Waals surface area contributed by atoms with Gasteiger partial charge in [0.1, 0.15) is 0 Å². The van der Waals surface area contributed by atoms with E-state index in [0.29, 0.717) is 0 Å². The van der Waals surface area contributed by atoms with Crippen LogP contribution in [0.15, 0.2) is 59.4 Å². The molecule has 0 fully saturated rings. The largest absolute Gasteiger partial charge is 1.00 e. The van der Waals surface area contributed by atoms with Crippen molar-refractivity contribution in [2.24, 2.45) is 10.3 Å². The Morgan fingerprint density at radius 3 is 1.39 bits per heavy atom. The molecule has 2 N–H and O–H groups in total. The van der Waals surface area contributed by atoms with Crippen LogP contribution in [0.4, 0.5) is 0 Å². The van der Waals surface area contributed by atoms with Crippen LogP contribution in [-0.2, 0) is 13.1 Å². The fourth-order valence-electron chi connectivity index (χ4n) is 1.98. The van der Waals surface area contributed by atoms with Gasteiger partial charge in [-0.05, 0) is 0 Å². The van der Waals surface area contributed by atoms with Gasteiger partial charge in [-0.1, -0.05) is 10.3 Å². The minimum atomic E-state index is 0. The molecule has 2 rings (SSSR count). The van der Waals surface area contributed by atoms with Crippen molar-refractivity contribution in [1.82, 2.24) is 0 Å². The lowest BCUT2D eigenvalue weighted by Crippen LogP contribution is -3.00. The summed E-state index contributed by atoms with van der Waals surface area (Å²) < 4.78 is 4.17. The summed E-state index contributed by atoms with van der Waals surface area (Å²) in [6.45, 7) is 1.81. The maximum absolute atomic E-state index is 8.45. The first-order chi connectivity index (χ1) is 10.3. The summed E-state index contributed by atoms with van der Waals surface area (Å²) in [4.78, 5) is 0. The van der Waals surface area contributed by atoms with Gasteiger partial charge in [-0.25, -0.2) is 9.13 Å². The van der Waals surface area contributed by atoms with Crippen molar-refractivity contribution in [3.05, 3.63) is 60.2 Å². The third kappa shape index (κ3) is 7.08. The van der Waals surface area contributed by atoms with Crippen LogP contribution >= 0.6 is 0 Å². The average Bonchev–Trinajstić information content (AvgIpc) is 2.51. The van der Waals surface area contributed by atoms with Crippen LogP contribution in [0.25, 0.3) is 0 Å². The molecule has 0 unspecified atom stereocenters. The highest BCUT2D eigenvalue weighted by molar-refractivity contribution is 5.78. The molecule has 23 heavy (non-hydrogen) atoms. The fourth-order valence-corrected chi connectivity index (χ4v) is 1.98. The van der Waals surface area contributed by atoms with E-state index in [1.807, 2.05) is 49.1 Å². The maximum atomic E-state index is 8.45. The predicted octanol–water partition coefficient (Wildman–Crippen LogP) is -5.02. The van der Waals surface area contributed by atoms with E-state index in [2.05, 4.69) is 19.4 Å². The number of aryl methyl sites for hydroxylation is 2. The Balaban J connectivity index is 0.00000242. The number of oxime groups is 2. The predicted molar refractivity (Wildman–Crippen MR) is 76.7 cm³/mol. The molecule has 0 aromatic carbocycles. The Hall–Kier alpha value is -2.18. The lowest BCUT2D eigenvalue weighted by Gasteiger charge is -1.97. The molecular weight excluding hydrogens is 339 g/mol. The number of rotatable bonds is 6. The van der Waals surface area contributed by atoms with E-state index < -0.39 is 0 Å². The van der Waals surface area contributed by atoms with Gasteiger partial charge in [0.15, 0.2) is 37.9 Å². The number of nitrogens with zero attached hydrogens (tertiary/aromatic N) is 4. The summed E-state index contributed by atoms with van der Waals surface area (Å²) in [6.07, 6.45) is 11.6. The molecule has 0 saturated carbocycles. The lowest BCUT2D eigenvalue weighted by molar-refractivity contribution is -0.726. The Morgan fingerprint density at radius 1 is 0.739 bits per heavy atom. The van der Waals surface area contributed by atoms with Crippen molar-refractivity contribution in [1.29, 1.82) is 0 Å². The molecule has 124 valence electrons. The maximum Gasteiger partial charge on any atom is 0.169 e. The molecule has 0 saturated heterocycles. The molecule has 2 aromatic rings. The van der Waals surface area contributed by atoms with Gasteiger partial charge in [0.25, 0.3) is 0 Å². The van der Waals surface area contributed by atoms with Crippen LogP contribution in [0.3, 0.4) is 0 Å². The third-order valence-corrected chi connectivity index (χ3v) is 3.08. The average molecular weight is 357 g/mol. The monoisotopic (exact) mass is 356 g/mol. The minimum Gasteiger partial charge on any atom is -1.00 e. The first-order valence-electron chi connectivity index (χ1n) is 6.65. The van der Waals surface area contributed by atoms with Gasteiger partial charge in [0.2, 0.25) is 0 Å². The zero-order valence-corrected chi connectivity index (χ0v) is 13.8. The van der Waals surface area contributed by atoms with Gasteiger partial charge in [0.05, 0.1) is 18.9 Å². The van der Waals surface area contributed by atoms with E-state index >= 15 is 0 Å². The van der Waals surface area contributed by atoms with E-state index in [-0.39, 0.29) is 24.8 Å². The molecular formula is C15H18Cl2N4O2.